The predicted molar refractivity (Wildman–Crippen MR) is 107 cm³/mol. The van der Waals surface area contributed by atoms with E-state index in [1.165, 1.54) is 0 Å². The lowest BCUT2D eigenvalue weighted by molar-refractivity contribution is -0.469. The van der Waals surface area contributed by atoms with Gasteiger partial charge in [0.15, 0.2) is 0 Å². The molecule has 0 aromatic carbocycles. The van der Waals surface area contributed by atoms with Gasteiger partial charge in [-0.2, -0.15) is 87.8 Å². The molecule has 20 heteroatoms. The lowest BCUT2D eigenvalue weighted by Crippen LogP contribution is -2.77. The van der Waals surface area contributed by atoms with Crippen molar-refractivity contribution in [2.75, 3.05) is 0 Å². The van der Waals surface area contributed by atoms with Crippen LogP contribution in [0.25, 0.3) is 0 Å². The first-order chi connectivity index (χ1) is 18.4. The smallest absolute Gasteiger partial charge is 0.200 e. The Bertz CT molecular complexity index is 902. The maximum absolute atomic E-state index is 13.9. The summed E-state index contributed by atoms with van der Waals surface area (Å²) in [7, 11) is 0. The van der Waals surface area contributed by atoms with Crippen molar-refractivity contribution in [3.63, 3.8) is 0 Å². The van der Waals surface area contributed by atoms with Gasteiger partial charge in [0, 0.05) is 12.8 Å². The fourth-order valence-electron chi connectivity index (χ4n) is 3.34. The molecule has 0 saturated heterocycles. The van der Waals surface area contributed by atoms with Crippen molar-refractivity contribution in [1.29, 1.82) is 0 Å². The Kier molecular flexibility index (Phi) is 11.9. The van der Waals surface area contributed by atoms with Gasteiger partial charge in [-0.15, -0.1) is 0 Å². The van der Waals surface area contributed by atoms with Crippen LogP contribution in [0, 0.1) is 0 Å². The zero-order valence-corrected chi connectivity index (χ0v) is 21.4. The first-order valence-corrected chi connectivity index (χ1v) is 11.8. The summed E-state index contributed by atoms with van der Waals surface area (Å²) in [5, 5.41) is 0. The van der Waals surface area contributed by atoms with Crippen molar-refractivity contribution in [3.8, 4) is 0 Å². The van der Waals surface area contributed by atoms with Crippen LogP contribution in [-0.4, -0.2) is 59.2 Å². The largest absolute Gasteiger partial charge is 0.385 e. The fraction of sp³-hybridized carbons (Fsp3) is 0.909. The molecule has 42 heavy (non-hydrogen) atoms. The van der Waals surface area contributed by atoms with Gasteiger partial charge in [-0.3, -0.25) is 0 Å². The molecule has 0 amide bonds. The summed E-state index contributed by atoms with van der Waals surface area (Å²) in [5.41, 5.74) is 0. The molecule has 0 aliphatic rings. The van der Waals surface area contributed by atoms with Crippen molar-refractivity contribution in [2.45, 2.75) is 124 Å². The van der Waals surface area contributed by atoms with Gasteiger partial charge < -0.3 is 0 Å². The lowest BCUT2D eigenvalue weighted by atomic mass is 9.84. The molecule has 0 bridgehead atoms. The van der Waals surface area contributed by atoms with Crippen LogP contribution >= 0.6 is 0 Å². The third-order valence-corrected chi connectivity index (χ3v) is 6.13. The summed E-state index contributed by atoms with van der Waals surface area (Å²) in [5.74, 6) is -81.0. The van der Waals surface area contributed by atoms with Crippen LogP contribution in [0.4, 0.5) is 87.8 Å². The van der Waals surface area contributed by atoms with Crippen LogP contribution < -0.4 is 0 Å². The van der Waals surface area contributed by atoms with Crippen LogP contribution in [0.3, 0.4) is 0 Å². The first kappa shape index (κ1) is 40.3. The summed E-state index contributed by atoms with van der Waals surface area (Å²) in [6.07, 6.45) is -6.04. The van der Waals surface area contributed by atoms with Gasteiger partial charge in [0.1, 0.15) is 0 Å². The topological polar surface area (TPSA) is 0 Å². The van der Waals surface area contributed by atoms with Gasteiger partial charge in [0.05, 0.1) is 0 Å². The van der Waals surface area contributed by atoms with E-state index < -0.39 is 91.3 Å². The third-order valence-electron chi connectivity index (χ3n) is 6.13. The van der Waals surface area contributed by atoms with Crippen LogP contribution in [0.2, 0.25) is 0 Å². The standard InChI is InChI=1S/C22H24F20/c1-3-5-7-8-10-12-14(25,26)16(29,30)18(33,34)20(37,38)22(41,42)21(39,40)19(35,36)17(31,32)15(27,28)13(23,24)11-9-6-4-2/h4,6H,3,5,7-12H2,1-2H3/b6-4+. The average molecular weight is 668 g/mol. The SMILES string of the molecule is C/C=C/CCC(F)(F)C(F)(F)C(F)(F)C(F)(F)C(F)(F)C(F)(F)C(F)(F)C(F)(F)C(F)(F)C(F)(F)CCCCCCC. The van der Waals surface area contributed by atoms with Gasteiger partial charge in [-0.05, 0) is 19.8 Å². The normalized spacial score (nSPS) is 16.0. The van der Waals surface area contributed by atoms with E-state index in [2.05, 4.69) is 0 Å². The second-order valence-electron chi connectivity index (χ2n) is 9.28. The molecule has 252 valence electrons. The molecular weight excluding hydrogens is 644 g/mol. The quantitative estimate of drug-likeness (QED) is 0.0775. The van der Waals surface area contributed by atoms with Crippen LogP contribution in [0.5, 0.6) is 0 Å². The highest BCUT2D eigenvalue weighted by atomic mass is 19.4. The molecular formula is C22H24F20. The third kappa shape index (κ3) is 6.14. The summed E-state index contributed by atoms with van der Waals surface area (Å²) in [6, 6.07) is 0. The second kappa shape index (κ2) is 12.4. The highest BCUT2D eigenvalue weighted by Gasteiger charge is 2.97. The first-order valence-electron chi connectivity index (χ1n) is 11.8. The Morgan fingerprint density at radius 2 is 0.667 bits per heavy atom. The molecule has 0 aromatic heterocycles. The highest BCUT2D eigenvalue weighted by Crippen LogP contribution is 2.66. The maximum Gasteiger partial charge on any atom is 0.385 e. The lowest BCUT2D eigenvalue weighted by Gasteiger charge is -2.45. The van der Waals surface area contributed by atoms with E-state index in [-0.39, 0.29) is 12.8 Å². The molecule has 0 spiro atoms. The molecule has 0 aromatic rings. The number of unbranched alkanes of at least 4 members (excludes halogenated alkanes) is 4. The zero-order chi connectivity index (χ0) is 34.1. The minimum atomic E-state index is -8.98. The molecule has 0 nitrogen and oxygen atoms in total. The fourth-order valence-corrected chi connectivity index (χ4v) is 3.34. The summed E-state index contributed by atoms with van der Waals surface area (Å²) < 4.78 is 277. The monoisotopic (exact) mass is 668 g/mol. The summed E-state index contributed by atoms with van der Waals surface area (Å²) in [6.45, 7) is 2.59. The van der Waals surface area contributed by atoms with Crippen molar-refractivity contribution >= 4 is 0 Å². The Balaban J connectivity index is 6.76. The maximum atomic E-state index is 13.9. The van der Waals surface area contributed by atoms with E-state index in [4.69, 9.17) is 0 Å². The predicted octanol–water partition coefficient (Wildman–Crippen LogP) is 11.1. The average Bonchev–Trinajstić information content (AvgIpc) is 2.82. The van der Waals surface area contributed by atoms with E-state index >= 15 is 0 Å². The van der Waals surface area contributed by atoms with E-state index in [0.29, 0.717) is 12.5 Å². The number of hydrogen-bond donors (Lipinski definition) is 0. The van der Waals surface area contributed by atoms with E-state index in [1.807, 2.05) is 0 Å². The van der Waals surface area contributed by atoms with Crippen molar-refractivity contribution in [1.82, 2.24) is 0 Å². The van der Waals surface area contributed by atoms with Crippen molar-refractivity contribution in [2.24, 2.45) is 0 Å². The van der Waals surface area contributed by atoms with Gasteiger partial charge in [0.25, 0.3) is 0 Å². The molecule has 0 unspecified atom stereocenters. The van der Waals surface area contributed by atoms with Gasteiger partial charge >= 0.3 is 59.2 Å². The highest BCUT2D eigenvalue weighted by molar-refractivity contribution is 5.18. The Morgan fingerprint density at radius 1 is 0.381 bits per heavy atom. The minimum absolute atomic E-state index is 0.0166. The number of hydrogen-bond acceptors (Lipinski definition) is 0. The molecule has 0 aliphatic carbocycles. The van der Waals surface area contributed by atoms with Gasteiger partial charge in [-0.1, -0.05) is 44.8 Å². The van der Waals surface area contributed by atoms with Crippen LogP contribution in [0.15, 0.2) is 12.2 Å². The molecule has 0 aliphatic heterocycles. The van der Waals surface area contributed by atoms with E-state index in [9.17, 15) is 87.8 Å². The molecule has 0 radical (unpaired) electrons. The Labute approximate surface area is 225 Å². The molecule has 0 saturated carbocycles. The van der Waals surface area contributed by atoms with Gasteiger partial charge in [-0.25, -0.2) is 0 Å². The van der Waals surface area contributed by atoms with Crippen LogP contribution in [0.1, 0.15) is 65.2 Å². The zero-order valence-electron chi connectivity index (χ0n) is 21.4. The minimum Gasteiger partial charge on any atom is -0.200 e. The Morgan fingerprint density at radius 3 is 0.976 bits per heavy atom. The number of rotatable bonds is 18. The van der Waals surface area contributed by atoms with Gasteiger partial charge in [0.2, 0.25) is 0 Å². The number of halogens is 20. The van der Waals surface area contributed by atoms with E-state index in [1.54, 1.807) is 6.92 Å². The summed E-state index contributed by atoms with van der Waals surface area (Å²) >= 11 is 0. The molecule has 0 heterocycles. The van der Waals surface area contributed by atoms with Crippen molar-refractivity contribution in [3.05, 3.63) is 12.2 Å². The second-order valence-corrected chi connectivity index (χ2v) is 9.28. The van der Waals surface area contributed by atoms with E-state index in [0.717, 1.165) is 13.0 Å². The number of allylic oxidation sites excluding steroid dienone is 2. The van der Waals surface area contributed by atoms with Crippen LogP contribution in [-0.2, 0) is 0 Å². The molecule has 0 atom stereocenters. The molecule has 0 N–H and O–H groups in total. The Hall–Kier alpha value is -1.66. The molecule has 0 fully saturated rings. The molecule has 0 rings (SSSR count). The van der Waals surface area contributed by atoms with Crippen molar-refractivity contribution < 1.29 is 87.8 Å². The number of alkyl halides is 20. The summed E-state index contributed by atoms with van der Waals surface area (Å²) in [4.78, 5) is 0.